The van der Waals surface area contributed by atoms with Crippen molar-refractivity contribution in [1.29, 1.82) is 0 Å². The number of para-hydroxylation sites is 1. The zero-order chi connectivity index (χ0) is 13.0. The largest absolute Gasteiger partial charge is 0.496 e. The molecule has 1 saturated heterocycles. The molecule has 1 aromatic rings. The minimum Gasteiger partial charge on any atom is -0.496 e. The van der Waals surface area contributed by atoms with Crippen molar-refractivity contribution in [3.63, 3.8) is 0 Å². The van der Waals surface area contributed by atoms with E-state index in [1.165, 1.54) is 31.5 Å². The molecule has 0 bridgehead atoms. The van der Waals surface area contributed by atoms with Crippen LogP contribution in [0.3, 0.4) is 0 Å². The van der Waals surface area contributed by atoms with Gasteiger partial charge in [-0.15, -0.1) is 0 Å². The third-order valence-electron chi connectivity index (χ3n) is 4.07. The van der Waals surface area contributed by atoms with Gasteiger partial charge >= 0.3 is 0 Å². The molecule has 0 saturated carbocycles. The average Bonchev–Trinajstić information content (AvgIpc) is 2.39. The third kappa shape index (κ3) is 3.26. The zero-order valence-corrected chi connectivity index (χ0v) is 11.9. The lowest BCUT2D eigenvalue weighted by Gasteiger charge is -2.35. The first-order chi connectivity index (χ1) is 8.70. The molecule has 1 atom stereocenters. The Bertz CT molecular complexity index is 375. The maximum absolute atomic E-state index is 5.43. The van der Waals surface area contributed by atoms with Crippen molar-refractivity contribution in [3.05, 3.63) is 29.8 Å². The molecule has 2 nitrogen and oxygen atoms in total. The number of hydrogen-bond donors (Lipinski definition) is 0. The zero-order valence-electron chi connectivity index (χ0n) is 11.9. The van der Waals surface area contributed by atoms with Gasteiger partial charge in [-0.05, 0) is 37.3 Å². The molecule has 0 N–H and O–H groups in total. The second-order valence-electron chi connectivity index (χ2n) is 5.69. The molecule has 1 aromatic carbocycles. The Morgan fingerprint density at radius 3 is 2.83 bits per heavy atom. The fraction of sp³-hybridized carbons (Fsp3) is 0.625. The number of hydrogen-bond acceptors (Lipinski definition) is 2. The molecule has 0 unspecified atom stereocenters. The number of benzene rings is 1. The van der Waals surface area contributed by atoms with Crippen molar-refractivity contribution in [2.45, 2.75) is 33.2 Å². The van der Waals surface area contributed by atoms with E-state index in [4.69, 9.17) is 4.74 Å². The van der Waals surface area contributed by atoms with Gasteiger partial charge in [0.2, 0.25) is 0 Å². The molecule has 1 heterocycles. The van der Waals surface area contributed by atoms with E-state index in [0.29, 0.717) is 0 Å². The molecule has 0 aliphatic carbocycles. The molecule has 0 spiro atoms. The van der Waals surface area contributed by atoms with Crippen molar-refractivity contribution >= 4 is 0 Å². The lowest BCUT2D eigenvalue weighted by atomic mass is 9.88. The standard InChI is InChI=1S/C16H25NO/c1-13(2)14-8-6-10-17(11-14)12-15-7-4-5-9-16(15)18-3/h4-5,7,9,13-14H,6,8,10-12H2,1-3H3/t14-/m1/s1. The van der Waals surface area contributed by atoms with Crippen molar-refractivity contribution in [3.8, 4) is 5.75 Å². The quantitative estimate of drug-likeness (QED) is 0.806. The van der Waals surface area contributed by atoms with Crippen LogP contribution in [0.1, 0.15) is 32.3 Å². The predicted molar refractivity (Wildman–Crippen MR) is 75.8 cm³/mol. The number of likely N-dealkylation sites (tertiary alicyclic amines) is 1. The predicted octanol–water partition coefficient (Wildman–Crippen LogP) is 3.56. The lowest BCUT2D eigenvalue weighted by molar-refractivity contribution is 0.138. The molecule has 0 radical (unpaired) electrons. The molecular formula is C16H25NO. The first kappa shape index (κ1) is 13.4. The van der Waals surface area contributed by atoms with Crippen LogP contribution in [0.25, 0.3) is 0 Å². The Labute approximate surface area is 111 Å². The Balaban J connectivity index is 2.00. The van der Waals surface area contributed by atoms with Crippen LogP contribution in [0.5, 0.6) is 5.75 Å². The molecule has 18 heavy (non-hydrogen) atoms. The third-order valence-corrected chi connectivity index (χ3v) is 4.07. The Hall–Kier alpha value is -1.02. The molecule has 100 valence electrons. The SMILES string of the molecule is COc1ccccc1CN1CCC[C@@H](C(C)C)C1. The van der Waals surface area contributed by atoms with Crippen LogP contribution in [0.2, 0.25) is 0 Å². The maximum atomic E-state index is 5.43. The van der Waals surface area contributed by atoms with E-state index in [9.17, 15) is 0 Å². The number of rotatable bonds is 4. The van der Waals surface area contributed by atoms with E-state index >= 15 is 0 Å². The Morgan fingerprint density at radius 1 is 1.33 bits per heavy atom. The lowest BCUT2D eigenvalue weighted by Crippen LogP contribution is -2.36. The highest BCUT2D eigenvalue weighted by Crippen LogP contribution is 2.26. The second-order valence-corrected chi connectivity index (χ2v) is 5.69. The van der Waals surface area contributed by atoms with Gasteiger partial charge in [-0.25, -0.2) is 0 Å². The first-order valence-corrected chi connectivity index (χ1v) is 7.05. The molecular weight excluding hydrogens is 222 g/mol. The second kappa shape index (κ2) is 6.24. The van der Waals surface area contributed by atoms with E-state index in [0.717, 1.165) is 24.1 Å². The highest BCUT2D eigenvalue weighted by molar-refractivity contribution is 5.33. The molecule has 0 aromatic heterocycles. The summed E-state index contributed by atoms with van der Waals surface area (Å²) in [7, 11) is 1.76. The summed E-state index contributed by atoms with van der Waals surface area (Å²) >= 11 is 0. The smallest absolute Gasteiger partial charge is 0.123 e. The van der Waals surface area contributed by atoms with Gasteiger partial charge < -0.3 is 4.74 Å². The van der Waals surface area contributed by atoms with Crippen molar-refractivity contribution in [1.82, 2.24) is 4.90 Å². The van der Waals surface area contributed by atoms with Crippen LogP contribution in [-0.2, 0) is 6.54 Å². The van der Waals surface area contributed by atoms with Crippen LogP contribution in [0, 0.1) is 11.8 Å². The summed E-state index contributed by atoms with van der Waals surface area (Å²) < 4.78 is 5.43. The molecule has 1 fully saturated rings. The average molecular weight is 247 g/mol. The van der Waals surface area contributed by atoms with Gasteiger partial charge in [-0.2, -0.15) is 0 Å². The summed E-state index contributed by atoms with van der Waals surface area (Å²) in [4.78, 5) is 2.58. The summed E-state index contributed by atoms with van der Waals surface area (Å²) in [6.07, 6.45) is 2.72. The topological polar surface area (TPSA) is 12.5 Å². The van der Waals surface area contributed by atoms with Crippen LogP contribution < -0.4 is 4.74 Å². The van der Waals surface area contributed by atoms with Gasteiger partial charge in [0.05, 0.1) is 7.11 Å². The van der Waals surface area contributed by atoms with E-state index in [1.807, 2.05) is 6.07 Å². The summed E-state index contributed by atoms with van der Waals surface area (Å²) in [5.74, 6) is 2.67. The van der Waals surface area contributed by atoms with Gasteiger partial charge in [0, 0.05) is 18.7 Å². The maximum Gasteiger partial charge on any atom is 0.123 e. The minimum atomic E-state index is 0.797. The summed E-state index contributed by atoms with van der Waals surface area (Å²) in [6.45, 7) is 8.17. The molecule has 0 amide bonds. The molecule has 1 aliphatic rings. The summed E-state index contributed by atoms with van der Waals surface area (Å²) in [5.41, 5.74) is 1.31. The van der Waals surface area contributed by atoms with Gasteiger partial charge in [-0.1, -0.05) is 32.0 Å². The van der Waals surface area contributed by atoms with Gasteiger partial charge in [0.25, 0.3) is 0 Å². The number of methoxy groups -OCH3 is 1. The summed E-state index contributed by atoms with van der Waals surface area (Å²) in [6, 6.07) is 8.37. The highest BCUT2D eigenvalue weighted by atomic mass is 16.5. The Morgan fingerprint density at radius 2 is 2.11 bits per heavy atom. The van der Waals surface area contributed by atoms with Crippen molar-refractivity contribution < 1.29 is 4.74 Å². The minimum absolute atomic E-state index is 0.797. The van der Waals surface area contributed by atoms with Crippen LogP contribution in [0.15, 0.2) is 24.3 Å². The molecule has 1 aliphatic heterocycles. The van der Waals surface area contributed by atoms with Gasteiger partial charge in [0.15, 0.2) is 0 Å². The van der Waals surface area contributed by atoms with E-state index in [-0.39, 0.29) is 0 Å². The normalized spacial score (nSPS) is 21.2. The van der Waals surface area contributed by atoms with Crippen molar-refractivity contribution in [2.75, 3.05) is 20.2 Å². The Kier molecular flexibility index (Phi) is 4.65. The van der Waals surface area contributed by atoms with Gasteiger partial charge in [0.1, 0.15) is 5.75 Å². The van der Waals surface area contributed by atoms with E-state index < -0.39 is 0 Å². The fourth-order valence-electron chi connectivity index (χ4n) is 2.85. The fourth-order valence-corrected chi connectivity index (χ4v) is 2.85. The van der Waals surface area contributed by atoms with Crippen LogP contribution in [-0.4, -0.2) is 25.1 Å². The van der Waals surface area contributed by atoms with Gasteiger partial charge in [-0.3, -0.25) is 4.90 Å². The molecule has 2 heteroatoms. The first-order valence-electron chi connectivity index (χ1n) is 7.05. The van der Waals surface area contributed by atoms with Crippen molar-refractivity contribution in [2.24, 2.45) is 11.8 Å². The number of ether oxygens (including phenoxy) is 1. The van der Waals surface area contributed by atoms with Crippen LogP contribution >= 0.6 is 0 Å². The highest BCUT2D eigenvalue weighted by Gasteiger charge is 2.22. The van der Waals surface area contributed by atoms with Crippen LogP contribution in [0.4, 0.5) is 0 Å². The summed E-state index contributed by atoms with van der Waals surface area (Å²) in [5, 5.41) is 0. The number of nitrogens with zero attached hydrogens (tertiary/aromatic N) is 1. The van der Waals surface area contributed by atoms with E-state index in [1.54, 1.807) is 7.11 Å². The number of piperidine rings is 1. The molecule has 2 rings (SSSR count). The van der Waals surface area contributed by atoms with E-state index in [2.05, 4.69) is 36.9 Å². The monoisotopic (exact) mass is 247 g/mol.